The molecule has 1 aliphatic heterocycles. The first-order valence-corrected chi connectivity index (χ1v) is 11.2. The number of nitrogens with one attached hydrogen (secondary N) is 1. The number of hydrogen-bond donors (Lipinski definition) is 1. The Kier molecular flexibility index (Phi) is 7.70. The van der Waals surface area contributed by atoms with E-state index in [0.29, 0.717) is 17.0 Å². The van der Waals surface area contributed by atoms with Crippen LogP contribution < -0.4 is 10.1 Å². The average molecular weight is 430 g/mol. The van der Waals surface area contributed by atoms with Gasteiger partial charge < -0.3 is 10.1 Å². The van der Waals surface area contributed by atoms with E-state index in [1.807, 2.05) is 24.3 Å². The van der Waals surface area contributed by atoms with Gasteiger partial charge in [-0.25, -0.2) is 0 Å². The molecule has 1 atom stereocenters. The molecule has 1 N–H and O–H groups in total. The Morgan fingerprint density at radius 1 is 1.20 bits per heavy atom. The number of nitro groups is 1. The van der Waals surface area contributed by atoms with Crippen LogP contribution in [-0.2, 0) is 0 Å². The summed E-state index contributed by atoms with van der Waals surface area (Å²) in [6.45, 7) is 2.41. The van der Waals surface area contributed by atoms with E-state index in [9.17, 15) is 14.9 Å². The highest BCUT2D eigenvalue weighted by Crippen LogP contribution is 2.29. The second-order valence-corrected chi connectivity index (χ2v) is 8.09. The molecule has 0 aliphatic carbocycles. The molecule has 1 unspecified atom stereocenters. The minimum Gasteiger partial charge on any atom is -0.497 e. The minimum absolute atomic E-state index is 0.0422. The molecule has 8 heteroatoms. The Morgan fingerprint density at radius 2 is 1.90 bits per heavy atom. The molecule has 1 heterocycles. The maximum atomic E-state index is 12.8. The lowest BCUT2D eigenvalue weighted by Crippen LogP contribution is -2.40. The van der Waals surface area contributed by atoms with Crippen LogP contribution in [-0.4, -0.2) is 48.7 Å². The molecule has 1 saturated heterocycles. The zero-order valence-corrected chi connectivity index (χ0v) is 18.1. The van der Waals surface area contributed by atoms with Crippen molar-refractivity contribution >= 4 is 23.4 Å². The van der Waals surface area contributed by atoms with Crippen molar-refractivity contribution < 1.29 is 14.5 Å². The second kappa shape index (κ2) is 10.4. The Morgan fingerprint density at radius 3 is 2.50 bits per heavy atom. The molecular formula is C22H27N3O4S. The lowest BCUT2D eigenvalue weighted by molar-refractivity contribution is -0.387. The molecule has 7 nitrogen and oxygen atoms in total. The number of thioether (sulfide) groups is 1. The van der Waals surface area contributed by atoms with Gasteiger partial charge in [0.2, 0.25) is 0 Å². The largest absolute Gasteiger partial charge is 0.497 e. The number of likely N-dealkylation sites (tertiary alicyclic amines) is 1. The van der Waals surface area contributed by atoms with Gasteiger partial charge >= 0.3 is 0 Å². The summed E-state index contributed by atoms with van der Waals surface area (Å²) in [4.78, 5) is 26.6. The summed E-state index contributed by atoms with van der Waals surface area (Å²) in [7, 11) is 1.64. The summed E-state index contributed by atoms with van der Waals surface area (Å²) in [5.74, 6) is 0.489. The number of ether oxygens (including phenoxy) is 1. The molecule has 0 spiro atoms. The molecule has 160 valence electrons. The van der Waals surface area contributed by atoms with Crippen LogP contribution in [0.2, 0.25) is 0 Å². The Labute approximate surface area is 180 Å². The fourth-order valence-corrected chi connectivity index (χ4v) is 4.33. The van der Waals surface area contributed by atoms with Crippen molar-refractivity contribution in [2.75, 3.05) is 33.0 Å². The van der Waals surface area contributed by atoms with E-state index in [1.54, 1.807) is 25.5 Å². The predicted octanol–water partition coefficient (Wildman–Crippen LogP) is 4.28. The number of methoxy groups -OCH3 is 1. The van der Waals surface area contributed by atoms with Crippen LogP contribution in [0.25, 0.3) is 0 Å². The van der Waals surface area contributed by atoms with Crippen molar-refractivity contribution in [2.24, 2.45) is 0 Å². The SMILES string of the molecule is COc1ccc(C(CNC(=O)c2ccc(SC)c([N+](=O)[O-])c2)N2CCCCC2)cc1. The van der Waals surface area contributed by atoms with Crippen LogP contribution in [0.15, 0.2) is 47.4 Å². The number of benzene rings is 2. The summed E-state index contributed by atoms with van der Waals surface area (Å²) in [5, 5.41) is 14.3. The van der Waals surface area contributed by atoms with Crippen LogP contribution in [0.1, 0.15) is 41.2 Å². The van der Waals surface area contributed by atoms with Gasteiger partial charge in [-0.3, -0.25) is 19.8 Å². The van der Waals surface area contributed by atoms with E-state index < -0.39 is 4.92 Å². The standard InChI is InChI=1S/C22H27N3O4S/c1-29-18-9-6-16(7-10-18)20(24-12-4-3-5-13-24)15-23-22(26)17-8-11-21(30-2)19(14-17)25(27)28/h6-11,14,20H,3-5,12-13,15H2,1-2H3,(H,23,26). The van der Waals surface area contributed by atoms with Gasteiger partial charge in [-0.15, -0.1) is 11.8 Å². The van der Waals surface area contributed by atoms with Crippen LogP contribution in [0, 0.1) is 10.1 Å². The second-order valence-electron chi connectivity index (χ2n) is 7.24. The molecule has 0 radical (unpaired) electrons. The van der Waals surface area contributed by atoms with Gasteiger partial charge in [0.25, 0.3) is 11.6 Å². The van der Waals surface area contributed by atoms with Crippen LogP contribution >= 0.6 is 11.8 Å². The van der Waals surface area contributed by atoms with E-state index >= 15 is 0 Å². The highest BCUT2D eigenvalue weighted by atomic mass is 32.2. The number of piperidine rings is 1. The molecule has 2 aromatic carbocycles. The molecular weight excluding hydrogens is 402 g/mol. The van der Waals surface area contributed by atoms with Gasteiger partial charge in [0.05, 0.1) is 23.0 Å². The van der Waals surface area contributed by atoms with Gasteiger partial charge in [-0.2, -0.15) is 0 Å². The van der Waals surface area contributed by atoms with Crippen molar-refractivity contribution in [1.29, 1.82) is 0 Å². The lowest BCUT2D eigenvalue weighted by Gasteiger charge is -2.35. The number of rotatable bonds is 8. The first kappa shape index (κ1) is 22.1. The van der Waals surface area contributed by atoms with Crippen LogP contribution in [0.3, 0.4) is 0 Å². The monoisotopic (exact) mass is 429 g/mol. The third-order valence-electron chi connectivity index (χ3n) is 5.43. The van der Waals surface area contributed by atoms with Gasteiger partial charge in [0, 0.05) is 18.2 Å². The Bertz CT molecular complexity index is 882. The van der Waals surface area contributed by atoms with Gasteiger partial charge in [0.15, 0.2) is 0 Å². The Balaban J connectivity index is 1.76. The van der Waals surface area contributed by atoms with Crippen molar-refractivity contribution in [3.63, 3.8) is 0 Å². The summed E-state index contributed by atoms with van der Waals surface area (Å²) in [6.07, 6.45) is 5.29. The van der Waals surface area contributed by atoms with Gasteiger partial charge in [0.1, 0.15) is 5.75 Å². The summed E-state index contributed by atoms with van der Waals surface area (Å²) >= 11 is 1.29. The summed E-state index contributed by atoms with van der Waals surface area (Å²) in [5.41, 5.74) is 1.37. The molecule has 0 saturated carbocycles. The highest BCUT2D eigenvalue weighted by molar-refractivity contribution is 7.98. The quantitative estimate of drug-likeness (QED) is 0.383. The molecule has 1 fully saturated rings. The minimum atomic E-state index is -0.448. The predicted molar refractivity (Wildman–Crippen MR) is 118 cm³/mol. The van der Waals surface area contributed by atoms with E-state index in [0.717, 1.165) is 37.2 Å². The zero-order valence-electron chi connectivity index (χ0n) is 17.3. The van der Waals surface area contributed by atoms with Crippen molar-refractivity contribution in [2.45, 2.75) is 30.2 Å². The van der Waals surface area contributed by atoms with Crippen molar-refractivity contribution in [3.8, 4) is 5.75 Å². The Hall–Kier alpha value is -2.58. The summed E-state index contributed by atoms with van der Waals surface area (Å²) in [6, 6.07) is 12.6. The molecule has 0 bridgehead atoms. The average Bonchev–Trinajstić information content (AvgIpc) is 2.79. The van der Waals surface area contributed by atoms with Crippen LogP contribution in [0.4, 0.5) is 5.69 Å². The zero-order chi connectivity index (χ0) is 21.5. The first-order chi connectivity index (χ1) is 14.5. The molecule has 3 rings (SSSR count). The van der Waals surface area contributed by atoms with Crippen molar-refractivity contribution in [3.05, 3.63) is 63.7 Å². The summed E-state index contributed by atoms with van der Waals surface area (Å²) < 4.78 is 5.26. The maximum absolute atomic E-state index is 12.8. The number of carbonyl (C=O) groups is 1. The van der Waals surface area contributed by atoms with E-state index in [4.69, 9.17) is 4.74 Å². The van der Waals surface area contributed by atoms with E-state index in [1.165, 1.54) is 24.2 Å². The number of nitrogens with zero attached hydrogens (tertiary/aromatic N) is 2. The third kappa shape index (κ3) is 5.31. The number of nitro benzene ring substituents is 1. The smallest absolute Gasteiger partial charge is 0.283 e. The fraction of sp³-hybridized carbons (Fsp3) is 0.409. The number of amides is 1. The molecule has 1 aliphatic rings. The number of carbonyl (C=O) groups excluding carboxylic acids is 1. The van der Waals surface area contributed by atoms with Gasteiger partial charge in [-0.1, -0.05) is 18.6 Å². The first-order valence-electron chi connectivity index (χ1n) is 10.0. The highest BCUT2D eigenvalue weighted by Gasteiger charge is 2.24. The third-order valence-corrected chi connectivity index (χ3v) is 6.21. The molecule has 0 aromatic heterocycles. The van der Waals surface area contributed by atoms with Gasteiger partial charge in [-0.05, 0) is 62.0 Å². The molecule has 30 heavy (non-hydrogen) atoms. The lowest BCUT2D eigenvalue weighted by atomic mass is 10.0. The topological polar surface area (TPSA) is 84.7 Å². The van der Waals surface area contributed by atoms with E-state index in [-0.39, 0.29) is 17.6 Å². The van der Waals surface area contributed by atoms with Crippen molar-refractivity contribution in [1.82, 2.24) is 10.2 Å². The normalized spacial score (nSPS) is 15.4. The number of hydrogen-bond acceptors (Lipinski definition) is 6. The molecule has 1 amide bonds. The molecule has 2 aromatic rings. The fourth-order valence-electron chi connectivity index (χ4n) is 3.78. The van der Waals surface area contributed by atoms with E-state index in [2.05, 4.69) is 10.2 Å². The maximum Gasteiger partial charge on any atom is 0.283 e. The van der Waals surface area contributed by atoms with Crippen LogP contribution in [0.5, 0.6) is 5.75 Å².